The van der Waals surface area contributed by atoms with Crippen LogP contribution in [0, 0.1) is 26.2 Å². The summed E-state index contributed by atoms with van der Waals surface area (Å²) in [6.07, 6.45) is 8.03. The normalized spacial score (nSPS) is 10.5. The fraction of sp³-hybridized carbons (Fsp3) is 0.200. The summed E-state index contributed by atoms with van der Waals surface area (Å²) in [5.74, 6) is 2.70. The van der Waals surface area contributed by atoms with Gasteiger partial charge in [-0.15, -0.1) is 12.3 Å². The molecule has 0 saturated carbocycles. The van der Waals surface area contributed by atoms with E-state index >= 15 is 0 Å². The van der Waals surface area contributed by atoms with E-state index in [-0.39, 0.29) is 5.11 Å². The van der Waals surface area contributed by atoms with Crippen LogP contribution in [0.4, 0.5) is 11.4 Å². The molecule has 132 valence electrons. The Hall–Kier alpha value is -3.04. The molecule has 3 rings (SSSR count). The van der Waals surface area contributed by atoms with Crippen molar-refractivity contribution in [1.29, 1.82) is 0 Å². The van der Waals surface area contributed by atoms with Crippen molar-refractivity contribution in [1.82, 2.24) is 9.38 Å². The Morgan fingerprint density at radius 3 is 2.77 bits per heavy atom. The lowest BCUT2D eigenvalue weighted by molar-refractivity contribution is 1.04. The fourth-order valence-electron chi connectivity index (χ4n) is 3.05. The van der Waals surface area contributed by atoms with Gasteiger partial charge in [-0.3, -0.25) is 0 Å². The van der Waals surface area contributed by atoms with Gasteiger partial charge >= 0.3 is 0 Å². The molecule has 5 nitrogen and oxygen atoms in total. The number of nitrogens with two attached hydrogens (primary N) is 1. The third-order valence-electron chi connectivity index (χ3n) is 4.34. The highest BCUT2D eigenvalue weighted by atomic mass is 32.1. The van der Waals surface area contributed by atoms with E-state index in [1.807, 2.05) is 41.8 Å². The van der Waals surface area contributed by atoms with Crippen LogP contribution in [0.3, 0.4) is 0 Å². The first-order valence-electron chi connectivity index (χ1n) is 8.30. The molecule has 0 atom stereocenters. The summed E-state index contributed by atoms with van der Waals surface area (Å²) in [5.41, 5.74) is 12.6. The lowest BCUT2D eigenvalue weighted by Gasteiger charge is -2.15. The van der Waals surface area contributed by atoms with Crippen molar-refractivity contribution >= 4 is 34.4 Å². The summed E-state index contributed by atoms with van der Waals surface area (Å²) in [6, 6.07) is 10.0. The predicted octanol–water partition coefficient (Wildman–Crippen LogP) is 3.39. The number of pyridine rings is 1. The second-order valence-electron chi connectivity index (χ2n) is 6.08. The number of aryl methyl sites for hydroxylation is 2. The Bertz CT molecular complexity index is 1010. The second kappa shape index (κ2) is 7.46. The Morgan fingerprint density at radius 1 is 1.27 bits per heavy atom. The monoisotopic (exact) mass is 363 g/mol. The molecule has 0 aliphatic heterocycles. The molecule has 2 aromatic heterocycles. The average molecular weight is 363 g/mol. The Balaban J connectivity index is 1.93. The van der Waals surface area contributed by atoms with Gasteiger partial charge in [-0.1, -0.05) is 12.1 Å². The first-order valence-corrected chi connectivity index (χ1v) is 8.71. The summed E-state index contributed by atoms with van der Waals surface area (Å²) in [4.78, 5) is 4.69. The number of imidazole rings is 1. The molecule has 4 N–H and O–H groups in total. The van der Waals surface area contributed by atoms with E-state index in [2.05, 4.69) is 34.5 Å². The smallest absolute Gasteiger partial charge is 0.168 e. The van der Waals surface area contributed by atoms with Crippen molar-refractivity contribution < 1.29 is 0 Å². The van der Waals surface area contributed by atoms with Crippen molar-refractivity contribution in [3.63, 3.8) is 0 Å². The molecule has 0 aliphatic rings. The van der Waals surface area contributed by atoms with E-state index < -0.39 is 0 Å². The van der Waals surface area contributed by atoms with Crippen molar-refractivity contribution in [2.24, 2.45) is 5.73 Å². The van der Waals surface area contributed by atoms with Gasteiger partial charge in [-0.25, -0.2) is 4.98 Å². The summed E-state index contributed by atoms with van der Waals surface area (Å²) in [6.45, 7) is 4.66. The molecule has 2 heterocycles. The van der Waals surface area contributed by atoms with Gasteiger partial charge in [0.25, 0.3) is 0 Å². The Morgan fingerprint density at radius 2 is 2.04 bits per heavy atom. The number of anilines is 2. The molecule has 0 radical (unpaired) electrons. The first-order chi connectivity index (χ1) is 12.5. The van der Waals surface area contributed by atoms with E-state index in [0.29, 0.717) is 13.0 Å². The SMILES string of the molecule is C#CCc1c(C)nc2c(NCc3c(C)cccc3NC(N)=S)cccn12. The third kappa shape index (κ3) is 3.48. The Kier molecular flexibility index (Phi) is 5.10. The lowest BCUT2D eigenvalue weighted by Crippen LogP contribution is -2.20. The van der Waals surface area contributed by atoms with Gasteiger partial charge in [0.1, 0.15) is 0 Å². The maximum Gasteiger partial charge on any atom is 0.168 e. The number of hydrogen-bond acceptors (Lipinski definition) is 3. The van der Waals surface area contributed by atoms with E-state index in [1.165, 1.54) is 0 Å². The van der Waals surface area contributed by atoms with Gasteiger partial charge < -0.3 is 20.8 Å². The van der Waals surface area contributed by atoms with Gasteiger partial charge in [-0.2, -0.15) is 0 Å². The summed E-state index contributed by atoms with van der Waals surface area (Å²) >= 11 is 4.98. The topological polar surface area (TPSA) is 67.4 Å². The van der Waals surface area contributed by atoms with Crippen LogP contribution in [0.5, 0.6) is 0 Å². The molecule has 0 aliphatic carbocycles. The molecule has 0 amide bonds. The Labute approximate surface area is 158 Å². The second-order valence-corrected chi connectivity index (χ2v) is 6.52. The lowest BCUT2D eigenvalue weighted by atomic mass is 10.1. The standard InChI is InChI=1S/C20H21N5S/c1-4-7-18-14(3)23-19-17(10-6-11-25(18)19)22-12-15-13(2)8-5-9-16(15)24-20(21)26/h1,5-6,8-11,22H,7,12H2,2-3H3,(H3,21,24,26). The highest BCUT2D eigenvalue weighted by molar-refractivity contribution is 7.80. The van der Waals surface area contributed by atoms with Crippen LogP contribution in [-0.4, -0.2) is 14.5 Å². The number of thiocarbonyl (C=S) groups is 1. The number of benzene rings is 1. The molecule has 0 fully saturated rings. The van der Waals surface area contributed by atoms with E-state index in [0.717, 1.165) is 39.5 Å². The first kappa shape index (κ1) is 17.8. The van der Waals surface area contributed by atoms with Crippen LogP contribution in [-0.2, 0) is 13.0 Å². The number of nitrogens with zero attached hydrogens (tertiary/aromatic N) is 2. The van der Waals surface area contributed by atoms with Crippen LogP contribution in [0.1, 0.15) is 22.5 Å². The highest BCUT2D eigenvalue weighted by Crippen LogP contribution is 2.24. The van der Waals surface area contributed by atoms with Gasteiger partial charge in [0, 0.05) is 18.4 Å². The molecular formula is C20H21N5S. The minimum atomic E-state index is 0.252. The van der Waals surface area contributed by atoms with Crippen molar-refractivity contribution in [2.75, 3.05) is 10.6 Å². The molecule has 6 heteroatoms. The number of nitrogens with one attached hydrogen (secondary N) is 2. The number of rotatable bonds is 5. The highest BCUT2D eigenvalue weighted by Gasteiger charge is 2.12. The quantitative estimate of drug-likeness (QED) is 0.479. The summed E-state index contributed by atoms with van der Waals surface area (Å²) in [5, 5.41) is 6.78. The minimum Gasteiger partial charge on any atom is -0.378 e. The van der Waals surface area contributed by atoms with Gasteiger partial charge in [0.05, 0.1) is 23.5 Å². The van der Waals surface area contributed by atoms with Crippen LogP contribution in [0.15, 0.2) is 36.5 Å². The summed E-state index contributed by atoms with van der Waals surface area (Å²) < 4.78 is 2.05. The number of aromatic nitrogens is 2. The maximum absolute atomic E-state index is 5.64. The van der Waals surface area contributed by atoms with Gasteiger partial charge in [0.2, 0.25) is 0 Å². The molecule has 0 spiro atoms. The van der Waals surface area contributed by atoms with Crippen LogP contribution in [0.2, 0.25) is 0 Å². The van der Waals surface area contributed by atoms with Crippen LogP contribution < -0.4 is 16.4 Å². The van der Waals surface area contributed by atoms with Crippen LogP contribution in [0.25, 0.3) is 5.65 Å². The zero-order valence-electron chi connectivity index (χ0n) is 14.8. The molecular weight excluding hydrogens is 342 g/mol. The van der Waals surface area contributed by atoms with Crippen molar-refractivity contribution in [2.45, 2.75) is 26.8 Å². The number of fused-ring (bicyclic) bond motifs is 1. The van der Waals surface area contributed by atoms with E-state index in [1.54, 1.807) is 0 Å². The van der Waals surface area contributed by atoms with Gasteiger partial charge in [-0.05, 0) is 55.4 Å². The van der Waals surface area contributed by atoms with Gasteiger partial charge in [0.15, 0.2) is 10.8 Å². The minimum absolute atomic E-state index is 0.252. The fourth-order valence-corrected chi connectivity index (χ4v) is 3.16. The molecule has 0 unspecified atom stereocenters. The molecule has 0 saturated heterocycles. The zero-order chi connectivity index (χ0) is 18.7. The zero-order valence-corrected chi connectivity index (χ0v) is 15.7. The van der Waals surface area contributed by atoms with Crippen molar-refractivity contribution in [3.05, 3.63) is 59.0 Å². The largest absolute Gasteiger partial charge is 0.378 e. The van der Waals surface area contributed by atoms with Crippen molar-refractivity contribution in [3.8, 4) is 12.3 Å². The van der Waals surface area contributed by atoms with E-state index in [4.69, 9.17) is 24.4 Å². The molecule has 3 aromatic rings. The molecule has 0 bridgehead atoms. The number of terminal acetylenes is 1. The number of hydrogen-bond donors (Lipinski definition) is 3. The van der Waals surface area contributed by atoms with E-state index in [9.17, 15) is 0 Å². The molecule has 1 aromatic carbocycles. The average Bonchev–Trinajstić information content (AvgIpc) is 2.91. The van der Waals surface area contributed by atoms with Crippen LogP contribution >= 0.6 is 12.2 Å². The molecule has 26 heavy (non-hydrogen) atoms. The maximum atomic E-state index is 5.64. The summed E-state index contributed by atoms with van der Waals surface area (Å²) in [7, 11) is 0. The predicted molar refractivity (Wildman–Crippen MR) is 111 cm³/mol. The third-order valence-corrected chi connectivity index (χ3v) is 4.44.